The van der Waals surface area contributed by atoms with Crippen molar-refractivity contribution in [2.24, 2.45) is 0 Å². The average molecular weight is 484 g/mol. The van der Waals surface area contributed by atoms with Crippen LogP contribution in [-0.2, 0) is 11.0 Å². The number of alkyl halides is 3. The summed E-state index contributed by atoms with van der Waals surface area (Å²) in [5.74, 6) is 0.240. The number of rotatable bonds is 6. The highest BCUT2D eigenvalue weighted by molar-refractivity contribution is 8.00. The van der Waals surface area contributed by atoms with Gasteiger partial charge in [0, 0.05) is 23.6 Å². The summed E-state index contributed by atoms with van der Waals surface area (Å²) in [4.78, 5) is 16.8. The van der Waals surface area contributed by atoms with E-state index in [2.05, 4.69) is 20.5 Å². The van der Waals surface area contributed by atoms with Gasteiger partial charge in [-0.15, -0.1) is 10.2 Å². The maximum atomic E-state index is 12.8. The number of thioether (sulfide) groups is 1. The molecule has 2 aromatic heterocycles. The molecule has 2 aromatic carbocycles. The Hall–Kier alpha value is -3.66. The highest BCUT2D eigenvalue weighted by Crippen LogP contribution is 2.32. The Morgan fingerprint density at radius 3 is 2.32 bits per heavy atom. The van der Waals surface area contributed by atoms with Gasteiger partial charge in [0.15, 0.2) is 11.0 Å². The number of hydrogen-bond acceptors (Lipinski definition) is 5. The van der Waals surface area contributed by atoms with Gasteiger partial charge in [0.1, 0.15) is 0 Å². The molecule has 2 heterocycles. The molecule has 0 aliphatic heterocycles. The Morgan fingerprint density at radius 1 is 1.00 bits per heavy atom. The smallest absolute Gasteiger partial charge is 0.325 e. The third kappa shape index (κ3) is 5.12. The number of halogens is 3. The number of benzene rings is 2. The van der Waals surface area contributed by atoms with Gasteiger partial charge in [-0.1, -0.05) is 30.0 Å². The summed E-state index contributed by atoms with van der Waals surface area (Å²) < 4.78 is 40.2. The Morgan fingerprint density at radius 2 is 1.68 bits per heavy atom. The summed E-state index contributed by atoms with van der Waals surface area (Å²) in [5, 5.41) is 11.3. The standard InChI is InChI=1S/C24H20F3N5OS/c1-15-5-3-4-6-20(15)32-21(17-11-13-28-14-12-17)30-31-23(32)34-16(2)22(33)29-19-9-7-18(8-10-19)24(25,26)27/h3-14,16H,1-2H3,(H,29,33). The highest BCUT2D eigenvalue weighted by Gasteiger charge is 2.30. The molecule has 1 unspecified atom stereocenters. The van der Waals surface area contributed by atoms with Crippen LogP contribution in [0.15, 0.2) is 78.2 Å². The molecule has 10 heteroatoms. The zero-order valence-electron chi connectivity index (χ0n) is 18.2. The van der Waals surface area contributed by atoms with Gasteiger partial charge in [-0.05, 0) is 61.9 Å². The second kappa shape index (κ2) is 9.68. The van der Waals surface area contributed by atoms with Gasteiger partial charge in [-0.3, -0.25) is 14.3 Å². The zero-order chi connectivity index (χ0) is 24.3. The molecule has 0 aliphatic rings. The van der Waals surface area contributed by atoms with E-state index in [-0.39, 0.29) is 11.6 Å². The fourth-order valence-electron chi connectivity index (χ4n) is 3.26. The van der Waals surface area contributed by atoms with Crippen LogP contribution in [0, 0.1) is 6.92 Å². The SMILES string of the molecule is Cc1ccccc1-n1c(SC(C)C(=O)Nc2ccc(C(F)(F)F)cc2)nnc1-c1ccncc1. The number of pyridine rings is 1. The fraction of sp³-hybridized carbons (Fsp3) is 0.167. The fourth-order valence-corrected chi connectivity index (χ4v) is 4.12. The summed E-state index contributed by atoms with van der Waals surface area (Å²) in [6.45, 7) is 3.67. The quantitative estimate of drug-likeness (QED) is 0.352. The molecule has 0 saturated heterocycles. The largest absolute Gasteiger partial charge is 0.416 e. The first-order valence-corrected chi connectivity index (χ1v) is 11.2. The molecule has 1 amide bonds. The Labute approximate surface area is 198 Å². The Kier molecular flexibility index (Phi) is 6.69. The van der Waals surface area contributed by atoms with Crippen molar-refractivity contribution in [2.75, 3.05) is 5.32 Å². The number of amides is 1. The lowest BCUT2D eigenvalue weighted by Gasteiger charge is -2.15. The number of carbonyl (C=O) groups is 1. The molecule has 4 rings (SSSR count). The molecular formula is C24H20F3N5OS. The van der Waals surface area contributed by atoms with Gasteiger partial charge < -0.3 is 5.32 Å². The van der Waals surface area contributed by atoms with Crippen LogP contribution in [-0.4, -0.2) is 30.9 Å². The third-order valence-corrected chi connectivity index (χ3v) is 6.10. The van der Waals surface area contributed by atoms with E-state index in [1.54, 1.807) is 19.3 Å². The van der Waals surface area contributed by atoms with Crippen LogP contribution in [0.2, 0.25) is 0 Å². The lowest BCUT2D eigenvalue weighted by atomic mass is 10.2. The van der Waals surface area contributed by atoms with Crippen molar-refractivity contribution in [3.8, 4) is 17.1 Å². The van der Waals surface area contributed by atoms with Crippen LogP contribution in [0.5, 0.6) is 0 Å². The highest BCUT2D eigenvalue weighted by atomic mass is 32.2. The van der Waals surface area contributed by atoms with Crippen molar-refractivity contribution < 1.29 is 18.0 Å². The Bertz CT molecular complexity index is 1290. The molecule has 0 radical (unpaired) electrons. The average Bonchev–Trinajstić information content (AvgIpc) is 3.23. The molecular weight excluding hydrogens is 463 g/mol. The van der Waals surface area contributed by atoms with Crippen molar-refractivity contribution >= 4 is 23.4 Å². The van der Waals surface area contributed by atoms with Gasteiger partial charge in [0.25, 0.3) is 0 Å². The maximum absolute atomic E-state index is 12.8. The molecule has 34 heavy (non-hydrogen) atoms. The number of nitrogens with one attached hydrogen (secondary N) is 1. The lowest BCUT2D eigenvalue weighted by Crippen LogP contribution is -2.23. The van der Waals surface area contributed by atoms with Crippen molar-refractivity contribution in [1.29, 1.82) is 0 Å². The number of para-hydroxylation sites is 1. The van der Waals surface area contributed by atoms with E-state index in [4.69, 9.17) is 0 Å². The molecule has 174 valence electrons. The van der Waals surface area contributed by atoms with E-state index in [0.717, 1.165) is 28.9 Å². The molecule has 1 N–H and O–H groups in total. The van der Waals surface area contributed by atoms with E-state index in [1.165, 1.54) is 23.9 Å². The predicted molar refractivity (Wildman–Crippen MR) is 125 cm³/mol. The second-order valence-corrected chi connectivity index (χ2v) is 8.80. The monoisotopic (exact) mass is 483 g/mol. The van der Waals surface area contributed by atoms with Gasteiger partial charge >= 0.3 is 6.18 Å². The number of aryl methyl sites for hydroxylation is 1. The molecule has 0 saturated carbocycles. The summed E-state index contributed by atoms with van der Waals surface area (Å²) >= 11 is 1.21. The zero-order valence-corrected chi connectivity index (χ0v) is 19.1. The Balaban J connectivity index is 1.59. The van der Waals surface area contributed by atoms with Crippen molar-refractivity contribution in [3.63, 3.8) is 0 Å². The summed E-state index contributed by atoms with van der Waals surface area (Å²) in [6, 6.07) is 15.7. The summed E-state index contributed by atoms with van der Waals surface area (Å²) in [7, 11) is 0. The van der Waals surface area contributed by atoms with Crippen LogP contribution in [0.1, 0.15) is 18.1 Å². The minimum absolute atomic E-state index is 0.281. The van der Waals surface area contributed by atoms with Crippen molar-refractivity contribution in [2.45, 2.75) is 30.4 Å². The second-order valence-electron chi connectivity index (χ2n) is 7.49. The first-order chi connectivity index (χ1) is 16.2. The number of hydrogen-bond donors (Lipinski definition) is 1. The number of carbonyl (C=O) groups excluding carboxylic acids is 1. The third-order valence-electron chi connectivity index (χ3n) is 5.06. The van der Waals surface area contributed by atoms with Gasteiger partial charge in [-0.2, -0.15) is 13.2 Å². The van der Waals surface area contributed by atoms with Gasteiger partial charge in [-0.25, -0.2) is 0 Å². The van der Waals surface area contributed by atoms with Crippen molar-refractivity contribution in [1.82, 2.24) is 19.7 Å². The number of nitrogens with zero attached hydrogens (tertiary/aromatic N) is 4. The van der Waals surface area contributed by atoms with Gasteiger partial charge in [0.05, 0.1) is 16.5 Å². The first kappa shape index (κ1) is 23.5. The maximum Gasteiger partial charge on any atom is 0.416 e. The first-order valence-electron chi connectivity index (χ1n) is 10.3. The van der Waals surface area contributed by atoms with E-state index < -0.39 is 17.0 Å². The molecule has 0 bridgehead atoms. The normalized spacial score (nSPS) is 12.4. The molecule has 0 fully saturated rings. The van der Waals surface area contributed by atoms with E-state index in [0.29, 0.717) is 11.0 Å². The topological polar surface area (TPSA) is 72.7 Å². The summed E-state index contributed by atoms with van der Waals surface area (Å²) in [5.41, 5.74) is 2.20. The van der Waals surface area contributed by atoms with Crippen molar-refractivity contribution in [3.05, 3.63) is 84.2 Å². The lowest BCUT2D eigenvalue weighted by molar-refractivity contribution is -0.137. The van der Waals surface area contributed by atoms with E-state index in [9.17, 15) is 18.0 Å². The van der Waals surface area contributed by atoms with Crippen LogP contribution < -0.4 is 5.32 Å². The summed E-state index contributed by atoms with van der Waals surface area (Å²) in [6.07, 6.45) is -1.10. The minimum Gasteiger partial charge on any atom is -0.325 e. The predicted octanol–water partition coefficient (Wildman–Crippen LogP) is 5.78. The molecule has 4 aromatic rings. The molecule has 6 nitrogen and oxygen atoms in total. The van der Waals surface area contributed by atoms with Crippen LogP contribution in [0.4, 0.5) is 18.9 Å². The molecule has 1 atom stereocenters. The van der Waals surface area contributed by atoms with E-state index in [1.807, 2.05) is 47.9 Å². The minimum atomic E-state index is -4.43. The molecule has 0 spiro atoms. The number of anilines is 1. The molecule has 0 aliphatic carbocycles. The number of aromatic nitrogens is 4. The van der Waals surface area contributed by atoms with E-state index >= 15 is 0 Å². The van der Waals surface area contributed by atoms with Crippen LogP contribution in [0.25, 0.3) is 17.1 Å². The van der Waals surface area contributed by atoms with Crippen LogP contribution in [0.3, 0.4) is 0 Å². The van der Waals surface area contributed by atoms with Crippen LogP contribution >= 0.6 is 11.8 Å². The van der Waals surface area contributed by atoms with Gasteiger partial charge in [0.2, 0.25) is 5.91 Å².